The first-order valence-electron chi connectivity index (χ1n) is 10.7. The molecule has 6 nitrogen and oxygen atoms in total. The Hall–Kier alpha value is -4.40. The zero-order chi connectivity index (χ0) is 24.7. The maximum absolute atomic E-state index is 13.2. The summed E-state index contributed by atoms with van der Waals surface area (Å²) >= 11 is 0. The molecule has 0 saturated carbocycles. The van der Waals surface area contributed by atoms with Crippen molar-refractivity contribution in [2.24, 2.45) is 0 Å². The number of benzene rings is 2. The molecular formula is C26H18F3N3O3. The van der Waals surface area contributed by atoms with Gasteiger partial charge in [0, 0.05) is 28.2 Å². The van der Waals surface area contributed by atoms with Crippen LogP contribution in [0.25, 0.3) is 27.4 Å². The summed E-state index contributed by atoms with van der Waals surface area (Å²) < 4.78 is 45.6. The second-order valence-corrected chi connectivity index (χ2v) is 8.07. The van der Waals surface area contributed by atoms with Crippen molar-refractivity contribution >= 4 is 27.6 Å². The van der Waals surface area contributed by atoms with Gasteiger partial charge in [-0.2, -0.15) is 13.2 Å². The number of rotatable bonds is 4. The van der Waals surface area contributed by atoms with Gasteiger partial charge < -0.3 is 9.73 Å². The minimum Gasteiger partial charge on any atom is -0.471 e. The van der Waals surface area contributed by atoms with Gasteiger partial charge in [-0.1, -0.05) is 6.07 Å². The Bertz CT molecular complexity index is 1600. The number of hydrogen-bond acceptors (Lipinski definition) is 4. The molecule has 0 radical (unpaired) electrons. The van der Waals surface area contributed by atoms with Gasteiger partial charge in [-0.15, -0.1) is 0 Å². The number of carbonyl (C=O) groups is 1. The lowest BCUT2D eigenvalue weighted by Crippen LogP contribution is -2.27. The fourth-order valence-corrected chi connectivity index (χ4v) is 4.03. The minimum absolute atomic E-state index is 0.247. The van der Waals surface area contributed by atoms with E-state index in [-0.39, 0.29) is 23.0 Å². The molecular weight excluding hydrogens is 459 g/mol. The molecule has 0 fully saturated rings. The van der Waals surface area contributed by atoms with E-state index in [0.29, 0.717) is 27.5 Å². The Balaban J connectivity index is 1.60. The van der Waals surface area contributed by atoms with E-state index in [2.05, 4.69) is 10.3 Å². The van der Waals surface area contributed by atoms with Crippen LogP contribution < -0.4 is 10.9 Å². The van der Waals surface area contributed by atoms with Gasteiger partial charge in [0.05, 0.1) is 34.5 Å². The molecule has 0 spiro atoms. The van der Waals surface area contributed by atoms with Gasteiger partial charge >= 0.3 is 6.18 Å². The fourth-order valence-electron chi connectivity index (χ4n) is 4.03. The fraction of sp³-hybridized carbons (Fsp3) is 0.115. The predicted molar refractivity (Wildman–Crippen MR) is 124 cm³/mol. The van der Waals surface area contributed by atoms with Crippen molar-refractivity contribution in [2.45, 2.75) is 19.1 Å². The smallest absolute Gasteiger partial charge is 0.416 e. The molecule has 35 heavy (non-hydrogen) atoms. The number of nitrogens with one attached hydrogen (secondary N) is 1. The third-order valence-corrected chi connectivity index (χ3v) is 5.82. The summed E-state index contributed by atoms with van der Waals surface area (Å²) in [5.41, 5.74) is 0.483. The highest BCUT2D eigenvalue weighted by Gasteiger charge is 2.30. The zero-order valence-electron chi connectivity index (χ0n) is 18.3. The molecule has 1 amide bonds. The molecule has 2 aromatic carbocycles. The molecule has 1 atom stereocenters. The second kappa shape index (κ2) is 8.43. The Morgan fingerprint density at radius 3 is 2.43 bits per heavy atom. The van der Waals surface area contributed by atoms with E-state index < -0.39 is 17.3 Å². The summed E-state index contributed by atoms with van der Waals surface area (Å²) in [4.78, 5) is 30.4. The molecule has 0 aliphatic carbocycles. The number of hydrogen-bond donors (Lipinski definition) is 1. The number of alkyl halides is 3. The third-order valence-electron chi connectivity index (χ3n) is 5.82. The largest absolute Gasteiger partial charge is 0.471 e. The maximum Gasteiger partial charge on any atom is 0.416 e. The Morgan fingerprint density at radius 2 is 1.74 bits per heavy atom. The predicted octanol–water partition coefficient (Wildman–Crippen LogP) is 5.64. The molecule has 0 unspecified atom stereocenters. The summed E-state index contributed by atoms with van der Waals surface area (Å²) in [5, 5.41) is 4.19. The molecule has 3 aromatic heterocycles. The zero-order valence-corrected chi connectivity index (χ0v) is 18.3. The topological polar surface area (TPSA) is 77.1 Å². The standard InChI is InChI=1S/C26H18F3N3O3/c1-15(22-4-2-3-11-30-22)31-24(33)16-5-10-23-19(12-16)20-13-35-14-21(20)25(34)32(23)18-8-6-17(7-9-18)26(27,28)29/h2-15H,1H3,(H,31,33)/t15-/m0/s1. The lowest BCUT2D eigenvalue weighted by molar-refractivity contribution is -0.137. The van der Waals surface area contributed by atoms with E-state index in [1.807, 2.05) is 19.1 Å². The molecule has 0 aliphatic heterocycles. The maximum atomic E-state index is 13.2. The molecule has 0 aliphatic rings. The van der Waals surface area contributed by atoms with Gasteiger partial charge in [-0.3, -0.25) is 19.1 Å². The van der Waals surface area contributed by atoms with Crippen LogP contribution in [-0.4, -0.2) is 15.5 Å². The van der Waals surface area contributed by atoms with E-state index in [0.717, 1.165) is 12.1 Å². The monoisotopic (exact) mass is 477 g/mol. The first-order chi connectivity index (χ1) is 16.7. The van der Waals surface area contributed by atoms with Gasteiger partial charge in [0.1, 0.15) is 6.26 Å². The number of nitrogens with zero attached hydrogens (tertiary/aromatic N) is 2. The van der Waals surface area contributed by atoms with E-state index in [1.54, 1.807) is 30.5 Å². The molecule has 176 valence electrons. The van der Waals surface area contributed by atoms with Crippen LogP contribution in [-0.2, 0) is 6.18 Å². The second-order valence-electron chi connectivity index (χ2n) is 8.07. The lowest BCUT2D eigenvalue weighted by atomic mass is 10.0. The Morgan fingerprint density at radius 1 is 1.00 bits per heavy atom. The van der Waals surface area contributed by atoms with Crippen LogP contribution >= 0.6 is 0 Å². The van der Waals surface area contributed by atoms with Crippen molar-refractivity contribution in [1.29, 1.82) is 0 Å². The summed E-state index contributed by atoms with van der Waals surface area (Å²) in [6.07, 6.45) is -0.152. The van der Waals surface area contributed by atoms with Crippen LogP contribution in [0, 0.1) is 0 Å². The molecule has 5 rings (SSSR count). The Kier molecular flexibility index (Phi) is 5.39. The lowest BCUT2D eigenvalue weighted by Gasteiger charge is -2.15. The van der Waals surface area contributed by atoms with Crippen molar-refractivity contribution in [2.75, 3.05) is 0 Å². The van der Waals surface area contributed by atoms with Crippen LogP contribution in [0.5, 0.6) is 0 Å². The summed E-state index contributed by atoms with van der Waals surface area (Å²) in [5.74, 6) is -0.339. The van der Waals surface area contributed by atoms with Gasteiger partial charge in [0.15, 0.2) is 0 Å². The van der Waals surface area contributed by atoms with Crippen molar-refractivity contribution in [3.05, 3.63) is 107 Å². The first kappa shape index (κ1) is 22.4. The van der Waals surface area contributed by atoms with Crippen LogP contribution in [0.2, 0.25) is 0 Å². The van der Waals surface area contributed by atoms with Crippen LogP contribution in [0.3, 0.4) is 0 Å². The SMILES string of the molecule is C[C@H](NC(=O)c1ccc2c(c1)c1cocc1c(=O)n2-c1ccc(C(F)(F)F)cc1)c1ccccn1. The molecule has 1 N–H and O–H groups in total. The first-order valence-corrected chi connectivity index (χ1v) is 10.7. The van der Waals surface area contributed by atoms with E-state index in [4.69, 9.17) is 4.42 Å². The molecule has 0 saturated heterocycles. The molecule has 3 heterocycles. The average Bonchev–Trinajstić information content (AvgIpc) is 3.35. The number of pyridine rings is 2. The van der Waals surface area contributed by atoms with Gasteiger partial charge in [0.25, 0.3) is 11.5 Å². The summed E-state index contributed by atoms with van der Waals surface area (Å²) in [6.45, 7) is 1.82. The minimum atomic E-state index is -4.49. The normalized spacial score (nSPS) is 12.7. The quantitative estimate of drug-likeness (QED) is 0.363. The van der Waals surface area contributed by atoms with Crippen molar-refractivity contribution in [3.8, 4) is 5.69 Å². The number of halogens is 3. The number of amides is 1. The van der Waals surface area contributed by atoms with Crippen molar-refractivity contribution in [1.82, 2.24) is 14.9 Å². The summed E-state index contributed by atoms with van der Waals surface area (Å²) in [7, 11) is 0. The number of carbonyl (C=O) groups excluding carboxylic acids is 1. The molecule has 5 aromatic rings. The summed E-state index contributed by atoms with van der Waals surface area (Å²) in [6, 6.07) is 14.2. The highest BCUT2D eigenvalue weighted by atomic mass is 19.4. The van der Waals surface area contributed by atoms with Crippen LogP contribution in [0.1, 0.15) is 34.6 Å². The highest BCUT2D eigenvalue weighted by molar-refractivity contribution is 6.08. The highest BCUT2D eigenvalue weighted by Crippen LogP contribution is 2.31. The third kappa shape index (κ3) is 4.05. The number of fused-ring (bicyclic) bond motifs is 3. The molecule has 9 heteroatoms. The van der Waals surface area contributed by atoms with Crippen molar-refractivity contribution in [3.63, 3.8) is 0 Å². The number of aromatic nitrogens is 2. The van der Waals surface area contributed by atoms with E-state index in [9.17, 15) is 22.8 Å². The van der Waals surface area contributed by atoms with Gasteiger partial charge in [0.2, 0.25) is 0 Å². The molecule has 0 bridgehead atoms. The van der Waals surface area contributed by atoms with Crippen LogP contribution in [0.4, 0.5) is 13.2 Å². The van der Waals surface area contributed by atoms with Crippen molar-refractivity contribution < 1.29 is 22.4 Å². The van der Waals surface area contributed by atoms with E-state index >= 15 is 0 Å². The van der Waals surface area contributed by atoms with Crippen LogP contribution in [0.15, 0.2) is 88.6 Å². The van der Waals surface area contributed by atoms with Gasteiger partial charge in [-0.25, -0.2) is 0 Å². The average molecular weight is 477 g/mol. The Labute approximate surface area is 196 Å². The van der Waals surface area contributed by atoms with E-state index in [1.165, 1.54) is 29.2 Å². The number of furan rings is 1. The van der Waals surface area contributed by atoms with Gasteiger partial charge in [-0.05, 0) is 61.5 Å².